The number of hydrogen-bond acceptors (Lipinski definition) is 3. The van der Waals surface area contributed by atoms with Crippen LogP contribution in [0.25, 0.3) is 0 Å². The maximum absolute atomic E-state index is 5.91. The van der Waals surface area contributed by atoms with Crippen molar-refractivity contribution in [2.75, 3.05) is 32.1 Å². The summed E-state index contributed by atoms with van der Waals surface area (Å²) in [6.07, 6.45) is 2.49. The van der Waals surface area contributed by atoms with Gasteiger partial charge in [-0.3, -0.25) is 0 Å². The van der Waals surface area contributed by atoms with E-state index in [2.05, 4.69) is 28.9 Å². The molecule has 1 aromatic heterocycles. The van der Waals surface area contributed by atoms with Gasteiger partial charge in [0, 0.05) is 19.1 Å². The van der Waals surface area contributed by atoms with E-state index in [0.717, 1.165) is 18.9 Å². The summed E-state index contributed by atoms with van der Waals surface area (Å²) >= 11 is 5.91. The lowest BCUT2D eigenvalue weighted by atomic mass is 10.1. The largest absolute Gasteiger partial charge is 0.355 e. The van der Waals surface area contributed by atoms with Gasteiger partial charge in [0.1, 0.15) is 11.0 Å². The quantitative estimate of drug-likeness (QED) is 0.739. The van der Waals surface area contributed by atoms with E-state index < -0.39 is 0 Å². The molecule has 1 atom stereocenters. The predicted octanol–water partition coefficient (Wildman–Crippen LogP) is 2.27. The molecule has 3 nitrogen and oxygen atoms in total. The number of pyridine rings is 1. The molecule has 0 aliphatic carbocycles. The van der Waals surface area contributed by atoms with Crippen molar-refractivity contribution >= 4 is 17.4 Å². The molecule has 16 heavy (non-hydrogen) atoms. The summed E-state index contributed by atoms with van der Waals surface area (Å²) in [7, 11) is 4.28. The topological polar surface area (TPSA) is 19.4 Å². The predicted molar refractivity (Wildman–Crippen MR) is 68.2 cm³/mol. The van der Waals surface area contributed by atoms with Gasteiger partial charge in [-0.15, -0.1) is 0 Å². The Morgan fingerprint density at radius 1 is 1.44 bits per heavy atom. The molecule has 0 radical (unpaired) electrons. The molecule has 1 aromatic rings. The van der Waals surface area contributed by atoms with Crippen LogP contribution in [0.2, 0.25) is 5.15 Å². The third kappa shape index (κ3) is 2.66. The third-order valence-corrected chi connectivity index (χ3v) is 3.36. The lowest BCUT2D eigenvalue weighted by Gasteiger charge is -2.36. The molecule has 1 aliphatic heterocycles. The van der Waals surface area contributed by atoms with Crippen LogP contribution < -0.4 is 4.90 Å². The van der Waals surface area contributed by atoms with Crippen molar-refractivity contribution < 1.29 is 0 Å². The fourth-order valence-electron chi connectivity index (χ4n) is 2.16. The molecule has 0 aromatic carbocycles. The highest BCUT2D eigenvalue weighted by molar-refractivity contribution is 6.29. The molecule has 1 unspecified atom stereocenters. The van der Waals surface area contributed by atoms with E-state index in [0.29, 0.717) is 11.2 Å². The standard InChI is InChI=1S/C12H18ClN3/c1-15(2)10-5-4-8-16(9-10)12-7-3-6-11(13)14-12/h3,6-7,10H,4-5,8-9H2,1-2H3. The number of anilines is 1. The van der Waals surface area contributed by atoms with Gasteiger partial charge in [0.25, 0.3) is 0 Å². The SMILES string of the molecule is CN(C)C1CCCN(c2cccc(Cl)n2)C1. The zero-order chi connectivity index (χ0) is 11.5. The van der Waals surface area contributed by atoms with E-state index in [1.54, 1.807) is 0 Å². The summed E-state index contributed by atoms with van der Waals surface area (Å²) in [4.78, 5) is 8.97. The average Bonchev–Trinajstić information content (AvgIpc) is 2.29. The zero-order valence-corrected chi connectivity index (χ0v) is 10.6. The summed E-state index contributed by atoms with van der Waals surface area (Å²) < 4.78 is 0. The van der Waals surface area contributed by atoms with Gasteiger partial charge in [0.05, 0.1) is 0 Å². The molecule has 1 saturated heterocycles. The van der Waals surface area contributed by atoms with Crippen LogP contribution in [-0.2, 0) is 0 Å². The van der Waals surface area contributed by atoms with E-state index in [1.165, 1.54) is 12.8 Å². The molecular formula is C12H18ClN3. The number of nitrogens with zero attached hydrogens (tertiary/aromatic N) is 3. The van der Waals surface area contributed by atoms with Gasteiger partial charge >= 0.3 is 0 Å². The number of halogens is 1. The Morgan fingerprint density at radius 3 is 2.94 bits per heavy atom. The number of piperidine rings is 1. The van der Waals surface area contributed by atoms with E-state index in [1.807, 2.05) is 18.2 Å². The normalized spacial score (nSPS) is 21.5. The molecule has 2 rings (SSSR count). The molecule has 2 heterocycles. The van der Waals surface area contributed by atoms with Crippen molar-refractivity contribution in [2.45, 2.75) is 18.9 Å². The van der Waals surface area contributed by atoms with Crippen LogP contribution in [0.4, 0.5) is 5.82 Å². The van der Waals surface area contributed by atoms with Crippen LogP contribution in [0.5, 0.6) is 0 Å². The molecule has 0 amide bonds. The molecule has 0 bridgehead atoms. The Labute approximate surface area is 102 Å². The minimum atomic E-state index is 0.574. The van der Waals surface area contributed by atoms with Crippen LogP contribution >= 0.6 is 11.6 Å². The van der Waals surface area contributed by atoms with Crippen molar-refractivity contribution in [3.63, 3.8) is 0 Å². The first-order valence-electron chi connectivity index (χ1n) is 5.71. The lowest BCUT2D eigenvalue weighted by Crippen LogP contribution is -2.45. The van der Waals surface area contributed by atoms with Gasteiger partial charge in [-0.2, -0.15) is 0 Å². The Kier molecular flexibility index (Phi) is 3.66. The van der Waals surface area contributed by atoms with E-state index in [4.69, 9.17) is 11.6 Å². The second kappa shape index (κ2) is 5.02. The summed E-state index contributed by atoms with van der Waals surface area (Å²) in [6, 6.07) is 6.43. The molecule has 0 saturated carbocycles. The number of rotatable bonds is 2. The molecule has 0 spiro atoms. The van der Waals surface area contributed by atoms with Crippen LogP contribution in [0, 0.1) is 0 Å². The first kappa shape index (κ1) is 11.7. The lowest BCUT2D eigenvalue weighted by molar-refractivity contribution is 0.257. The molecule has 1 aliphatic rings. The minimum Gasteiger partial charge on any atom is -0.355 e. The summed E-state index contributed by atoms with van der Waals surface area (Å²) in [5.74, 6) is 0.999. The zero-order valence-electron chi connectivity index (χ0n) is 9.86. The summed E-state index contributed by atoms with van der Waals surface area (Å²) in [5, 5.41) is 0.574. The average molecular weight is 240 g/mol. The summed E-state index contributed by atoms with van der Waals surface area (Å²) in [5.41, 5.74) is 0. The van der Waals surface area contributed by atoms with Gasteiger partial charge in [-0.05, 0) is 39.1 Å². The van der Waals surface area contributed by atoms with Gasteiger partial charge in [0.2, 0.25) is 0 Å². The maximum atomic E-state index is 5.91. The van der Waals surface area contributed by atoms with Crippen molar-refractivity contribution in [3.05, 3.63) is 23.4 Å². The third-order valence-electron chi connectivity index (χ3n) is 3.15. The smallest absolute Gasteiger partial charge is 0.131 e. The fourth-order valence-corrected chi connectivity index (χ4v) is 2.32. The van der Waals surface area contributed by atoms with Crippen molar-refractivity contribution in [2.24, 2.45) is 0 Å². The van der Waals surface area contributed by atoms with E-state index >= 15 is 0 Å². The Bertz CT molecular complexity index is 354. The minimum absolute atomic E-state index is 0.574. The van der Waals surface area contributed by atoms with Crippen molar-refractivity contribution in [3.8, 4) is 0 Å². The second-order valence-electron chi connectivity index (χ2n) is 4.52. The van der Waals surface area contributed by atoms with Crippen LogP contribution in [0.1, 0.15) is 12.8 Å². The van der Waals surface area contributed by atoms with Crippen LogP contribution in [0.15, 0.2) is 18.2 Å². The van der Waals surface area contributed by atoms with Gasteiger partial charge < -0.3 is 9.80 Å². The Hall–Kier alpha value is -0.800. The van der Waals surface area contributed by atoms with Gasteiger partial charge in [-0.1, -0.05) is 17.7 Å². The number of likely N-dealkylation sites (N-methyl/N-ethyl adjacent to an activating group) is 1. The first-order chi connectivity index (χ1) is 7.66. The number of aromatic nitrogens is 1. The summed E-state index contributed by atoms with van der Waals surface area (Å²) in [6.45, 7) is 2.12. The molecule has 88 valence electrons. The van der Waals surface area contributed by atoms with E-state index in [-0.39, 0.29) is 0 Å². The maximum Gasteiger partial charge on any atom is 0.131 e. The number of hydrogen-bond donors (Lipinski definition) is 0. The molecule has 1 fully saturated rings. The highest BCUT2D eigenvalue weighted by atomic mass is 35.5. The highest BCUT2D eigenvalue weighted by Gasteiger charge is 2.22. The molecule has 4 heteroatoms. The first-order valence-corrected chi connectivity index (χ1v) is 6.08. The second-order valence-corrected chi connectivity index (χ2v) is 4.91. The molecule has 0 N–H and O–H groups in total. The van der Waals surface area contributed by atoms with E-state index in [9.17, 15) is 0 Å². The monoisotopic (exact) mass is 239 g/mol. The van der Waals surface area contributed by atoms with Gasteiger partial charge in [0.15, 0.2) is 0 Å². The Balaban J connectivity index is 2.09. The van der Waals surface area contributed by atoms with Crippen LogP contribution in [-0.4, -0.2) is 43.1 Å². The Morgan fingerprint density at radius 2 is 2.25 bits per heavy atom. The van der Waals surface area contributed by atoms with Crippen molar-refractivity contribution in [1.82, 2.24) is 9.88 Å². The van der Waals surface area contributed by atoms with Gasteiger partial charge in [-0.25, -0.2) is 4.98 Å². The molecular weight excluding hydrogens is 222 g/mol. The van der Waals surface area contributed by atoms with Crippen LogP contribution in [0.3, 0.4) is 0 Å². The fraction of sp³-hybridized carbons (Fsp3) is 0.583. The van der Waals surface area contributed by atoms with Crippen molar-refractivity contribution in [1.29, 1.82) is 0 Å². The highest BCUT2D eigenvalue weighted by Crippen LogP contribution is 2.21.